The van der Waals surface area contributed by atoms with Gasteiger partial charge in [-0.05, 0) is 76.4 Å². The zero-order valence-corrected chi connectivity index (χ0v) is 21.8. The normalized spacial score (nSPS) is 16.8. The second-order valence-electron chi connectivity index (χ2n) is 10.3. The van der Waals surface area contributed by atoms with Gasteiger partial charge < -0.3 is 10.6 Å². The van der Waals surface area contributed by atoms with Gasteiger partial charge >= 0.3 is 0 Å². The van der Waals surface area contributed by atoms with E-state index in [0.717, 1.165) is 68.3 Å². The van der Waals surface area contributed by atoms with Gasteiger partial charge in [-0.2, -0.15) is 10.1 Å². The van der Waals surface area contributed by atoms with Crippen LogP contribution in [-0.4, -0.2) is 48.2 Å². The number of pyridine rings is 2. The molecule has 5 heterocycles. The summed E-state index contributed by atoms with van der Waals surface area (Å²) < 4.78 is 3.78. The van der Waals surface area contributed by atoms with Crippen molar-refractivity contribution in [2.75, 3.05) is 18.4 Å². The Morgan fingerprint density at radius 2 is 1.82 bits per heavy atom. The van der Waals surface area contributed by atoms with Crippen LogP contribution in [-0.2, 0) is 0 Å². The highest BCUT2D eigenvalue weighted by atomic mass is 16.1. The van der Waals surface area contributed by atoms with Crippen molar-refractivity contribution in [3.05, 3.63) is 58.3 Å². The van der Waals surface area contributed by atoms with Crippen LogP contribution in [0.2, 0.25) is 0 Å². The first kappa shape index (κ1) is 24.4. The number of hydrogen-bond acceptors (Lipinski definition) is 8. The molecular weight excluding hydrogens is 480 g/mol. The average Bonchev–Trinajstić information content (AvgIpc) is 3.63. The maximum Gasteiger partial charge on any atom is 0.263 e. The molecule has 0 spiro atoms. The summed E-state index contributed by atoms with van der Waals surface area (Å²) in [5.41, 5.74) is 2.98. The molecule has 1 aliphatic carbocycles. The van der Waals surface area contributed by atoms with Crippen LogP contribution in [0.5, 0.6) is 0 Å². The predicted octanol–water partition coefficient (Wildman–Crippen LogP) is 4.34. The SMILES string of the molecule is CC(=O)c1c(C)c2cnc(Nc3ccc(-c4ccn(C5CCNCC5)n4)cn3)nc2n(C2CCCC2)c1=O. The Labute approximate surface area is 220 Å². The van der Waals surface area contributed by atoms with E-state index in [-0.39, 0.29) is 22.9 Å². The summed E-state index contributed by atoms with van der Waals surface area (Å²) in [6, 6.07) is 6.34. The highest BCUT2D eigenvalue weighted by molar-refractivity contribution is 5.99. The van der Waals surface area contributed by atoms with Crippen molar-refractivity contribution in [3.8, 4) is 11.3 Å². The van der Waals surface area contributed by atoms with Gasteiger partial charge in [0.15, 0.2) is 5.78 Å². The highest BCUT2D eigenvalue weighted by Crippen LogP contribution is 2.32. The Morgan fingerprint density at radius 1 is 1.03 bits per heavy atom. The summed E-state index contributed by atoms with van der Waals surface area (Å²) in [5, 5.41) is 12.1. The lowest BCUT2D eigenvalue weighted by atomic mass is 10.0. The van der Waals surface area contributed by atoms with E-state index in [1.54, 1.807) is 23.9 Å². The smallest absolute Gasteiger partial charge is 0.263 e. The van der Waals surface area contributed by atoms with Crippen molar-refractivity contribution in [2.45, 2.75) is 64.5 Å². The minimum atomic E-state index is -0.259. The standard InChI is InChI=1S/C28H32N8O2/c1-17-22-16-31-28(33-26(22)36(21-5-3-4-6-21)27(38)25(17)18(2)37)32-24-8-7-19(15-30-24)23-11-14-35(34-23)20-9-12-29-13-10-20/h7-8,11,14-16,20-21,29H,3-6,9-10,12-13H2,1-2H3,(H,30,31,32,33). The van der Waals surface area contributed by atoms with Crippen LogP contribution in [0.1, 0.15) is 73.5 Å². The Balaban J connectivity index is 1.29. The fourth-order valence-electron chi connectivity index (χ4n) is 5.81. The number of aryl methyl sites for hydroxylation is 1. The number of anilines is 2. The van der Waals surface area contributed by atoms with Gasteiger partial charge in [-0.25, -0.2) is 9.97 Å². The lowest BCUT2D eigenvalue weighted by Gasteiger charge is -2.22. The molecule has 0 unspecified atom stereocenters. The summed E-state index contributed by atoms with van der Waals surface area (Å²) in [5.74, 6) is 0.722. The molecular formula is C28H32N8O2. The molecule has 0 radical (unpaired) electrons. The third kappa shape index (κ3) is 4.49. The first-order chi connectivity index (χ1) is 18.5. The van der Waals surface area contributed by atoms with Crippen LogP contribution >= 0.6 is 0 Å². The van der Waals surface area contributed by atoms with Gasteiger partial charge in [0, 0.05) is 35.6 Å². The lowest BCUT2D eigenvalue weighted by molar-refractivity contribution is 0.101. The zero-order chi connectivity index (χ0) is 26.2. The maximum atomic E-state index is 13.4. The number of ketones is 1. The number of carbonyl (C=O) groups is 1. The molecule has 0 amide bonds. The first-order valence-electron chi connectivity index (χ1n) is 13.4. The second-order valence-corrected chi connectivity index (χ2v) is 10.3. The van der Waals surface area contributed by atoms with Crippen LogP contribution in [0.3, 0.4) is 0 Å². The van der Waals surface area contributed by atoms with E-state index in [0.29, 0.717) is 29.0 Å². The maximum absolute atomic E-state index is 13.4. The molecule has 2 N–H and O–H groups in total. The second kappa shape index (κ2) is 10.1. The minimum absolute atomic E-state index is 0.0357. The molecule has 38 heavy (non-hydrogen) atoms. The van der Waals surface area contributed by atoms with Crippen molar-refractivity contribution in [2.24, 2.45) is 0 Å². The molecule has 2 fully saturated rings. The lowest BCUT2D eigenvalue weighted by Crippen LogP contribution is -2.30. The Morgan fingerprint density at radius 3 is 2.53 bits per heavy atom. The molecule has 10 nitrogen and oxygen atoms in total. The largest absolute Gasteiger partial charge is 0.317 e. The Bertz CT molecular complexity index is 1540. The van der Waals surface area contributed by atoms with Crippen molar-refractivity contribution < 1.29 is 4.79 Å². The Hall–Kier alpha value is -3.92. The van der Waals surface area contributed by atoms with E-state index >= 15 is 0 Å². The zero-order valence-electron chi connectivity index (χ0n) is 21.8. The molecule has 4 aromatic heterocycles. The van der Waals surface area contributed by atoms with Gasteiger partial charge in [0.05, 0.1) is 17.3 Å². The predicted molar refractivity (Wildman–Crippen MR) is 146 cm³/mol. The monoisotopic (exact) mass is 512 g/mol. The van der Waals surface area contributed by atoms with Crippen LogP contribution in [0.15, 0.2) is 41.6 Å². The number of nitrogens with one attached hydrogen (secondary N) is 2. The summed E-state index contributed by atoms with van der Waals surface area (Å²) >= 11 is 0. The molecule has 1 aliphatic heterocycles. The quantitative estimate of drug-likeness (QED) is 0.366. The molecule has 0 aromatic carbocycles. The molecule has 1 saturated heterocycles. The third-order valence-corrected chi connectivity index (χ3v) is 7.84. The van der Waals surface area contributed by atoms with Gasteiger partial charge in [-0.15, -0.1) is 0 Å². The van der Waals surface area contributed by atoms with Crippen molar-refractivity contribution in [3.63, 3.8) is 0 Å². The fourth-order valence-corrected chi connectivity index (χ4v) is 5.81. The molecule has 10 heteroatoms. The minimum Gasteiger partial charge on any atom is -0.317 e. The summed E-state index contributed by atoms with van der Waals surface area (Å²) in [7, 11) is 0. The van der Waals surface area contributed by atoms with Crippen LogP contribution < -0.4 is 16.2 Å². The van der Waals surface area contributed by atoms with E-state index in [1.807, 2.05) is 24.4 Å². The number of fused-ring (bicyclic) bond motifs is 1. The number of hydrogen-bond donors (Lipinski definition) is 2. The molecule has 196 valence electrons. The molecule has 0 bridgehead atoms. The van der Waals surface area contributed by atoms with Gasteiger partial charge in [0.2, 0.25) is 5.95 Å². The number of aromatic nitrogens is 6. The topological polar surface area (TPSA) is 120 Å². The molecule has 1 saturated carbocycles. The van der Waals surface area contributed by atoms with E-state index in [2.05, 4.69) is 25.3 Å². The van der Waals surface area contributed by atoms with Crippen molar-refractivity contribution >= 4 is 28.6 Å². The van der Waals surface area contributed by atoms with E-state index < -0.39 is 0 Å². The third-order valence-electron chi connectivity index (χ3n) is 7.84. The molecule has 4 aromatic rings. The van der Waals surface area contributed by atoms with Crippen LogP contribution in [0.25, 0.3) is 22.3 Å². The summed E-state index contributed by atoms with van der Waals surface area (Å²) in [6.07, 6.45) is 11.6. The summed E-state index contributed by atoms with van der Waals surface area (Å²) in [4.78, 5) is 39.5. The van der Waals surface area contributed by atoms with Crippen molar-refractivity contribution in [1.29, 1.82) is 0 Å². The van der Waals surface area contributed by atoms with Crippen LogP contribution in [0.4, 0.5) is 11.8 Å². The van der Waals surface area contributed by atoms with E-state index in [4.69, 9.17) is 10.1 Å². The van der Waals surface area contributed by atoms with E-state index in [9.17, 15) is 9.59 Å². The van der Waals surface area contributed by atoms with Crippen molar-refractivity contribution in [1.82, 2.24) is 34.6 Å². The van der Waals surface area contributed by atoms with Crippen LogP contribution in [0, 0.1) is 6.92 Å². The molecule has 6 rings (SSSR count). The van der Waals surface area contributed by atoms with E-state index in [1.165, 1.54) is 6.92 Å². The Kier molecular flexibility index (Phi) is 6.49. The van der Waals surface area contributed by atoms with Gasteiger partial charge in [-0.1, -0.05) is 12.8 Å². The highest BCUT2D eigenvalue weighted by Gasteiger charge is 2.26. The first-order valence-corrected chi connectivity index (χ1v) is 13.4. The fraction of sp³-hybridized carbons (Fsp3) is 0.429. The average molecular weight is 513 g/mol. The number of piperidine rings is 1. The number of rotatable bonds is 6. The molecule has 2 aliphatic rings. The van der Waals surface area contributed by atoms with Gasteiger partial charge in [0.25, 0.3) is 5.56 Å². The number of nitrogens with zero attached hydrogens (tertiary/aromatic N) is 6. The van der Waals surface area contributed by atoms with Gasteiger partial charge in [0.1, 0.15) is 11.5 Å². The van der Waals surface area contributed by atoms with Gasteiger partial charge in [-0.3, -0.25) is 18.8 Å². The molecule has 0 atom stereocenters. The number of carbonyl (C=O) groups excluding carboxylic acids is 1. The number of Topliss-reactive ketones (excluding diaryl/α,β-unsaturated/α-hetero) is 1. The summed E-state index contributed by atoms with van der Waals surface area (Å²) in [6.45, 7) is 5.28.